The molecule has 106 valence electrons. The Balaban J connectivity index is 2.17. The first-order chi connectivity index (χ1) is 9.61. The maximum absolute atomic E-state index is 11.9. The molecule has 0 aliphatic carbocycles. The lowest BCUT2D eigenvalue weighted by molar-refractivity contribution is 0.0822. The molecule has 0 aliphatic heterocycles. The van der Waals surface area contributed by atoms with Gasteiger partial charge in [-0.05, 0) is 18.6 Å². The number of carbonyl (C=O) groups excluding carboxylic acids is 1. The van der Waals surface area contributed by atoms with Gasteiger partial charge in [0, 0.05) is 38.4 Å². The third-order valence-electron chi connectivity index (χ3n) is 2.98. The van der Waals surface area contributed by atoms with Crippen LogP contribution in [0.15, 0.2) is 30.7 Å². The first-order valence-corrected chi connectivity index (χ1v) is 6.55. The number of anilines is 1. The van der Waals surface area contributed by atoms with E-state index in [1.54, 1.807) is 38.8 Å². The summed E-state index contributed by atoms with van der Waals surface area (Å²) in [5, 5.41) is 3.36. The molecule has 0 saturated heterocycles. The summed E-state index contributed by atoms with van der Waals surface area (Å²) in [5.41, 5.74) is 1.28. The molecule has 1 unspecified atom stereocenters. The van der Waals surface area contributed by atoms with Gasteiger partial charge >= 0.3 is 0 Å². The van der Waals surface area contributed by atoms with Gasteiger partial charge in [-0.3, -0.25) is 9.78 Å². The SMILES string of the molecule is CCC(Nc1ccnc(C(=O)N(C)C)c1)c1ncc[nH]1. The summed E-state index contributed by atoms with van der Waals surface area (Å²) < 4.78 is 0. The topological polar surface area (TPSA) is 73.9 Å². The van der Waals surface area contributed by atoms with Crippen molar-refractivity contribution in [1.29, 1.82) is 0 Å². The van der Waals surface area contributed by atoms with Crippen molar-refractivity contribution in [2.45, 2.75) is 19.4 Å². The van der Waals surface area contributed by atoms with Gasteiger partial charge in [0.25, 0.3) is 5.91 Å². The molecule has 20 heavy (non-hydrogen) atoms. The number of hydrogen-bond donors (Lipinski definition) is 2. The number of H-pyrrole nitrogens is 1. The van der Waals surface area contributed by atoms with E-state index >= 15 is 0 Å². The van der Waals surface area contributed by atoms with Gasteiger partial charge in [0.15, 0.2) is 0 Å². The van der Waals surface area contributed by atoms with Crippen molar-refractivity contribution in [3.05, 3.63) is 42.2 Å². The Labute approximate surface area is 118 Å². The van der Waals surface area contributed by atoms with Gasteiger partial charge in [0.1, 0.15) is 11.5 Å². The number of pyridine rings is 1. The molecular weight excluding hydrogens is 254 g/mol. The number of nitrogens with zero attached hydrogens (tertiary/aromatic N) is 3. The van der Waals surface area contributed by atoms with Gasteiger partial charge in [-0.2, -0.15) is 0 Å². The number of nitrogens with one attached hydrogen (secondary N) is 2. The quantitative estimate of drug-likeness (QED) is 0.874. The highest BCUT2D eigenvalue weighted by molar-refractivity contribution is 5.92. The molecule has 6 nitrogen and oxygen atoms in total. The van der Waals surface area contributed by atoms with Crippen molar-refractivity contribution in [2.75, 3.05) is 19.4 Å². The van der Waals surface area contributed by atoms with Crippen molar-refractivity contribution in [2.24, 2.45) is 0 Å². The number of hydrogen-bond acceptors (Lipinski definition) is 4. The lowest BCUT2D eigenvalue weighted by atomic mass is 10.2. The average Bonchev–Trinajstić information content (AvgIpc) is 2.98. The predicted octanol–water partition coefficient (Wildman–Crippen LogP) is 2.07. The Bertz CT molecular complexity index is 565. The fourth-order valence-corrected chi connectivity index (χ4v) is 1.90. The average molecular weight is 273 g/mol. The minimum absolute atomic E-state index is 0.0784. The highest BCUT2D eigenvalue weighted by atomic mass is 16.2. The Hall–Kier alpha value is -2.37. The Morgan fingerprint density at radius 2 is 2.20 bits per heavy atom. The fourth-order valence-electron chi connectivity index (χ4n) is 1.90. The van der Waals surface area contributed by atoms with Gasteiger partial charge < -0.3 is 15.2 Å². The number of amides is 1. The lowest BCUT2D eigenvalue weighted by Crippen LogP contribution is -2.23. The van der Waals surface area contributed by atoms with Gasteiger partial charge in [0.05, 0.1) is 6.04 Å². The van der Waals surface area contributed by atoms with Crippen LogP contribution in [0, 0.1) is 0 Å². The molecule has 0 spiro atoms. The predicted molar refractivity (Wildman–Crippen MR) is 77.5 cm³/mol. The normalized spacial score (nSPS) is 11.9. The Kier molecular flexibility index (Phi) is 4.34. The van der Waals surface area contributed by atoms with E-state index in [2.05, 4.69) is 27.2 Å². The highest BCUT2D eigenvalue weighted by Gasteiger charge is 2.14. The van der Waals surface area contributed by atoms with Gasteiger partial charge in [0.2, 0.25) is 0 Å². The molecule has 2 aromatic rings. The maximum Gasteiger partial charge on any atom is 0.272 e. The van der Waals surface area contributed by atoms with Crippen molar-refractivity contribution >= 4 is 11.6 Å². The summed E-state index contributed by atoms with van der Waals surface area (Å²) in [6.45, 7) is 2.08. The van der Waals surface area contributed by atoms with Crippen LogP contribution in [-0.4, -0.2) is 39.9 Å². The van der Waals surface area contributed by atoms with E-state index in [1.807, 2.05) is 6.07 Å². The summed E-state index contributed by atoms with van der Waals surface area (Å²) in [5.74, 6) is 0.768. The number of rotatable bonds is 5. The molecule has 6 heteroatoms. The second-order valence-corrected chi connectivity index (χ2v) is 4.71. The van der Waals surface area contributed by atoms with Crippen molar-refractivity contribution in [3.63, 3.8) is 0 Å². The molecule has 2 heterocycles. The zero-order valence-corrected chi connectivity index (χ0v) is 11.9. The Morgan fingerprint density at radius 1 is 1.40 bits per heavy atom. The molecule has 0 fully saturated rings. The molecule has 2 N–H and O–H groups in total. The fraction of sp³-hybridized carbons (Fsp3) is 0.357. The highest BCUT2D eigenvalue weighted by Crippen LogP contribution is 2.20. The van der Waals surface area contributed by atoms with Gasteiger partial charge in [-0.15, -0.1) is 0 Å². The van der Waals surface area contributed by atoms with Crippen molar-refractivity contribution in [3.8, 4) is 0 Å². The van der Waals surface area contributed by atoms with Crippen molar-refractivity contribution in [1.82, 2.24) is 19.9 Å². The van der Waals surface area contributed by atoms with E-state index in [9.17, 15) is 4.79 Å². The van der Waals surface area contributed by atoms with E-state index in [-0.39, 0.29) is 11.9 Å². The van der Waals surface area contributed by atoms with Gasteiger partial charge in [-0.25, -0.2) is 4.98 Å². The van der Waals surface area contributed by atoms with Crippen LogP contribution in [-0.2, 0) is 0 Å². The number of carbonyl (C=O) groups is 1. The minimum atomic E-state index is -0.111. The standard InChI is InChI=1S/C14H19N5O/c1-4-11(13-16-7-8-17-13)18-10-5-6-15-12(9-10)14(20)19(2)3/h5-9,11H,4H2,1-3H3,(H,15,18)(H,16,17). The summed E-state index contributed by atoms with van der Waals surface area (Å²) in [4.78, 5) is 24.9. The summed E-state index contributed by atoms with van der Waals surface area (Å²) in [7, 11) is 3.42. The second-order valence-electron chi connectivity index (χ2n) is 4.71. The van der Waals surface area contributed by atoms with Crippen LogP contribution in [0.1, 0.15) is 35.7 Å². The van der Waals surface area contributed by atoms with Crippen LogP contribution in [0.5, 0.6) is 0 Å². The molecule has 1 atom stereocenters. The van der Waals surface area contributed by atoms with Crippen molar-refractivity contribution < 1.29 is 4.79 Å². The largest absolute Gasteiger partial charge is 0.375 e. The van der Waals surface area contributed by atoms with Crippen LogP contribution in [0.3, 0.4) is 0 Å². The van der Waals surface area contributed by atoms with E-state index < -0.39 is 0 Å². The minimum Gasteiger partial charge on any atom is -0.375 e. The molecule has 0 aliphatic rings. The molecule has 2 aromatic heterocycles. The van der Waals surface area contributed by atoms with Gasteiger partial charge in [-0.1, -0.05) is 6.92 Å². The molecule has 2 rings (SSSR count). The second kappa shape index (κ2) is 6.18. The molecule has 0 bridgehead atoms. The summed E-state index contributed by atoms with van der Waals surface area (Å²) in [6, 6.07) is 3.68. The molecule has 0 aromatic carbocycles. The lowest BCUT2D eigenvalue weighted by Gasteiger charge is -2.17. The smallest absolute Gasteiger partial charge is 0.272 e. The van der Waals surface area contributed by atoms with Crippen LogP contribution < -0.4 is 5.32 Å². The van der Waals surface area contributed by atoms with Crippen LogP contribution in [0.4, 0.5) is 5.69 Å². The van der Waals surface area contributed by atoms with E-state index in [4.69, 9.17) is 0 Å². The summed E-state index contributed by atoms with van der Waals surface area (Å²) in [6.07, 6.45) is 6.04. The zero-order chi connectivity index (χ0) is 14.5. The van der Waals surface area contributed by atoms with Crippen LogP contribution in [0.25, 0.3) is 0 Å². The van der Waals surface area contributed by atoms with E-state index in [0.717, 1.165) is 17.9 Å². The number of aromatic amines is 1. The van der Waals surface area contributed by atoms with E-state index in [1.165, 1.54) is 4.90 Å². The number of imidazole rings is 1. The first-order valence-electron chi connectivity index (χ1n) is 6.55. The zero-order valence-electron chi connectivity index (χ0n) is 11.9. The molecule has 0 radical (unpaired) electrons. The first kappa shape index (κ1) is 14.0. The Morgan fingerprint density at radius 3 is 2.80 bits per heavy atom. The maximum atomic E-state index is 11.9. The third kappa shape index (κ3) is 3.14. The summed E-state index contributed by atoms with van der Waals surface area (Å²) >= 11 is 0. The number of aromatic nitrogens is 3. The monoisotopic (exact) mass is 273 g/mol. The molecule has 1 amide bonds. The molecule has 0 saturated carbocycles. The molecular formula is C14H19N5O. The van der Waals surface area contributed by atoms with E-state index in [0.29, 0.717) is 5.69 Å². The third-order valence-corrected chi connectivity index (χ3v) is 2.98. The van der Waals surface area contributed by atoms with Crippen LogP contribution >= 0.6 is 0 Å². The van der Waals surface area contributed by atoms with Crippen LogP contribution in [0.2, 0.25) is 0 Å².